The van der Waals surface area contributed by atoms with Crippen LogP contribution >= 0.6 is 0 Å². The first-order valence-electron chi connectivity index (χ1n) is 7.93. The van der Waals surface area contributed by atoms with E-state index in [9.17, 15) is 0 Å². The molecule has 0 atom stereocenters. The van der Waals surface area contributed by atoms with Gasteiger partial charge in [0.25, 0.3) is 0 Å². The van der Waals surface area contributed by atoms with Crippen molar-refractivity contribution in [1.29, 1.82) is 0 Å². The Hall–Kier alpha value is -1.80. The summed E-state index contributed by atoms with van der Waals surface area (Å²) in [5.41, 5.74) is 0. The average molecular weight is 347 g/mol. The molecule has 0 amide bonds. The van der Waals surface area contributed by atoms with Crippen LogP contribution in [0.15, 0.2) is 91.0 Å². The molecule has 0 heterocycles. The summed E-state index contributed by atoms with van der Waals surface area (Å²) in [4.78, 5) is 0. The average Bonchev–Trinajstić information content (AvgIpc) is 2.58. The summed E-state index contributed by atoms with van der Waals surface area (Å²) in [5.74, 6) is 0. The second-order valence-corrected chi connectivity index (χ2v) is 15.5. The molecule has 0 spiro atoms. The monoisotopic (exact) mass is 348 g/mol. The first kappa shape index (κ1) is 15.1. The van der Waals surface area contributed by atoms with Gasteiger partial charge in [0.1, 0.15) is 0 Å². The zero-order valence-electron chi connectivity index (χ0n) is 13.2. The van der Waals surface area contributed by atoms with Crippen LogP contribution < -0.4 is 13.2 Å². The van der Waals surface area contributed by atoms with E-state index < -0.39 is 13.3 Å². The van der Waals surface area contributed by atoms with Crippen molar-refractivity contribution in [3.05, 3.63) is 91.0 Å². The second kappa shape index (κ2) is 6.54. The maximum absolute atomic E-state index is 2.66. The molecule has 22 heavy (non-hydrogen) atoms. The van der Waals surface area contributed by atoms with E-state index in [1.165, 1.54) is 13.2 Å². The number of hydrogen-bond acceptors (Lipinski definition) is 0. The van der Waals surface area contributed by atoms with Gasteiger partial charge in [-0.15, -0.1) is 0 Å². The summed E-state index contributed by atoms with van der Waals surface area (Å²) in [6.07, 6.45) is 0. The van der Waals surface area contributed by atoms with Crippen molar-refractivity contribution in [1.82, 2.24) is 0 Å². The van der Waals surface area contributed by atoms with Gasteiger partial charge < -0.3 is 0 Å². The van der Waals surface area contributed by atoms with Gasteiger partial charge in [-0.1, -0.05) is 0 Å². The number of rotatable bonds is 4. The fraction of sp³-hybridized carbons (Fsp3) is 0.143. The fourth-order valence-corrected chi connectivity index (χ4v) is 14.4. The van der Waals surface area contributed by atoms with Gasteiger partial charge in [-0.3, -0.25) is 0 Å². The van der Waals surface area contributed by atoms with Crippen LogP contribution in [0.2, 0.25) is 4.75 Å². The van der Waals surface area contributed by atoms with Crippen LogP contribution in [0, 0.1) is 0 Å². The van der Waals surface area contributed by atoms with E-state index in [1.54, 1.807) is 0 Å². The summed E-state index contributed by atoms with van der Waals surface area (Å²) < 4.78 is 5.24. The molecule has 0 N–H and O–H groups in total. The van der Waals surface area contributed by atoms with E-state index in [1.807, 2.05) is 0 Å². The van der Waals surface area contributed by atoms with Crippen LogP contribution in [-0.2, 0) is 0 Å². The molecular formula is C21H22Ge. The molecule has 3 aromatic rings. The third-order valence-electron chi connectivity index (χ3n) is 4.55. The van der Waals surface area contributed by atoms with Crippen molar-refractivity contribution >= 4 is 26.5 Å². The van der Waals surface area contributed by atoms with Crippen LogP contribution in [0.25, 0.3) is 0 Å². The summed E-state index contributed by atoms with van der Waals surface area (Å²) in [6, 6.07) is 33.5. The third-order valence-corrected chi connectivity index (χ3v) is 16.0. The van der Waals surface area contributed by atoms with Gasteiger partial charge in [0.05, 0.1) is 0 Å². The van der Waals surface area contributed by atoms with E-state index >= 15 is 0 Å². The molecule has 1 heteroatoms. The van der Waals surface area contributed by atoms with E-state index in [-0.39, 0.29) is 0 Å². The van der Waals surface area contributed by atoms with E-state index in [0.717, 1.165) is 0 Å². The topological polar surface area (TPSA) is 0 Å². The molecule has 0 saturated carbocycles. The van der Waals surface area contributed by atoms with Crippen LogP contribution in [0.3, 0.4) is 0 Å². The predicted octanol–water partition coefficient (Wildman–Crippen LogP) is 3.57. The van der Waals surface area contributed by atoms with Crippen molar-refractivity contribution in [2.45, 2.75) is 18.6 Å². The first-order chi connectivity index (χ1) is 10.8. The van der Waals surface area contributed by atoms with Crippen molar-refractivity contribution in [2.75, 3.05) is 0 Å². The Labute approximate surface area is 136 Å². The van der Waals surface area contributed by atoms with E-state index in [2.05, 4.69) is 105 Å². The molecule has 0 aliphatic heterocycles. The number of benzene rings is 3. The van der Waals surface area contributed by atoms with Crippen molar-refractivity contribution in [3.63, 3.8) is 0 Å². The SMILES string of the molecule is C[CH](C)[Ge]([c]1ccccc1)([c]1ccccc1)[c]1ccccc1. The molecule has 0 radical (unpaired) electrons. The molecule has 0 unspecified atom stereocenters. The quantitative estimate of drug-likeness (QED) is 0.633. The van der Waals surface area contributed by atoms with Crippen LogP contribution in [0.4, 0.5) is 0 Å². The minimum atomic E-state index is -2.66. The molecular weight excluding hydrogens is 325 g/mol. The standard InChI is InChI=1S/C21H22Ge/c1-18(2)22(19-12-6-3-7-13-19,20-14-8-4-9-15-20)21-16-10-5-11-17-21/h3-18H,1-2H3. The van der Waals surface area contributed by atoms with Gasteiger partial charge in [-0.25, -0.2) is 0 Å². The maximum atomic E-state index is 2.40. The summed E-state index contributed by atoms with van der Waals surface area (Å²) in [5, 5.41) is 0. The van der Waals surface area contributed by atoms with E-state index in [4.69, 9.17) is 0 Å². The normalized spacial score (nSPS) is 11.6. The Balaban J connectivity index is 2.34. The molecule has 110 valence electrons. The van der Waals surface area contributed by atoms with Crippen molar-refractivity contribution < 1.29 is 0 Å². The van der Waals surface area contributed by atoms with Gasteiger partial charge in [-0.2, -0.15) is 0 Å². The van der Waals surface area contributed by atoms with Gasteiger partial charge in [0.2, 0.25) is 0 Å². The molecule has 0 bridgehead atoms. The Morgan fingerprint density at radius 2 is 0.773 bits per heavy atom. The molecule has 0 aliphatic rings. The van der Waals surface area contributed by atoms with Gasteiger partial charge >= 0.3 is 136 Å². The van der Waals surface area contributed by atoms with Crippen LogP contribution in [0.5, 0.6) is 0 Å². The Kier molecular flexibility index (Phi) is 4.49. The summed E-state index contributed by atoms with van der Waals surface area (Å²) in [6.45, 7) is 4.79. The number of hydrogen-bond donors (Lipinski definition) is 0. The molecule has 0 nitrogen and oxygen atoms in total. The first-order valence-corrected chi connectivity index (χ1v) is 12.3. The fourth-order valence-electron chi connectivity index (χ4n) is 3.60. The zero-order chi connectivity index (χ0) is 15.4. The molecule has 3 aromatic carbocycles. The summed E-state index contributed by atoms with van der Waals surface area (Å²) in [7, 11) is 0. The Morgan fingerprint density at radius 1 is 0.500 bits per heavy atom. The van der Waals surface area contributed by atoms with Gasteiger partial charge in [0.15, 0.2) is 0 Å². The van der Waals surface area contributed by atoms with Crippen LogP contribution in [-0.4, -0.2) is 13.3 Å². The van der Waals surface area contributed by atoms with Gasteiger partial charge in [-0.05, 0) is 0 Å². The minimum absolute atomic E-state index is 0.632. The molecule has 0 saturated heterocycles. The van der Waals surface area contributed by atoms with E-state index in [0.29, 0.717) is 4.75 Å². The van der Waals surface area contributed by atoms with Crippen LogP contribution in [0.1, 0.15) is 13.8 Å². The predicted molar refractivity (Wildman–Crippen MR) is 99.1 cm³/mol. The zero-order valence-corrected chi connectivity index (χ0v) is 15.3. The molecule has 0 aromatic heterocycles. The van der Waals surface area contributed by atoms with Crippen molar-refractivity contribution in [2.24, 2.45) is 0 Å². The third kappa shape index (κ3) is 2.52. The molecule has 0 aliphatic carbocycles. The molecule has 0 fully saturated rings. The van der Waals surface area contributed by atoms with Gasteiger partial charge in [0, 0.05) is 0 Å². The molecule has 3 rings (SSSR count). The second-order valence-electron chi connectivity index (χ2n) is 6.06. The Morgan fingerprint density at radius 3 is 1.00 bits per heavy atom. The van der Waals surface area contributed by atoms with Crippen molar-refractivity contribution in [3.8, 4) is 0 Å². The summed E-state index contributed by atoms with van der Waals surface area (Å²) >= 11 is -2.66. The Bertz CT molecular complexity index is 606.